The maximum absolute atomic E-state index is 10.2. The molecular weight excluding hydrogens is 266 g/mol. The minimum Gasteiger partial charge on any atom is -0.508 e. The Morgan fingerprint density at radius 2 is 2.10 bits per heavy atom. The van der Waals surface area contributed by atoms with Crippen LogP contribution in [0.25, 0.3) is 0 Å². The minimum atomic E-state index is 0.434. The van der Waals surface area contributed by atoms with Gasteiger partial charge in [0.2, 0.25) is 0 Å². The lowest BCUT2D eigenvalue weighted by Crippen LogP contribution is -2.22. The van der Waals surface area contributed by atoms with E-state index in [4.69, 9.17) is 0 Å². The van der Waals surface area contributed by atoms with Gasteiger partial charge in [-0.15, -0.1) is 0 Å². The average Bonchev–Trinajstić information content (AvgIpc) is 3.06. The molecule has 0 spiro atoms. The molecule has 2 heterocycles. The maximum atomic E-state index is 10.2. The average molecular weight is 287 g/mol. The highest BCUT2D eigenvalue weighted by Gasteiger charge is 2.26. The first-order chi connectivity index (χ1) is 9.65. The fourth-order valence-corrected chi connectivity index (χ4v) is 3.77. The Hall–Kier alpha value is -1.32. The summed E-state index contributed by atoms with van der Waals surface area (Å²) in [6, 6.07) is 6.77. The topological polar surface area (TPSA) is 23.5 Å². The summed E-state index contributed by atoms with van der Waals surface area (Å²) < 4.78 is 0. The highest BCUT2D eigenvalue weighted by Crippen LogP contribution is 2.35. The number of phenolic OH excluding ortho intramolecular Hbond substituents is 1. The molecule has 0 saturated carbocycles. The molecular formula is C17H21NOS. The van der Waals surface area contributed by atoms with Gasteiger partial charge in [-0.1, -0.05) is 6.07 Å². The summed E-state index contributed by atoms with van der Waals surface area (Å²) in [6.07, 6.45) is 2.47. The van der Waals surface area contributed by atoms with Crippen LogP contribution < -0.4 is 0 Å². The van der Waals surface area contributed by atoms with Gasteiger partial charge in [0.25, 0.3) is 0 Å². The summed E-state index contributed by atoms with van der Waals surface area (Å²) in [7, 11) is 0. The maximum Gasteiger partial charge on any atom is 0.120 e. The summed E-state index contributed by atoms with van der Waals surface area (Å²) in [4.78, 5) is 2.49. The third-order valence-electron chi connectivity index (χ3n) is 4.36. The molecule has 0 aliphatic carbocycles. The zero-order valence-electron chi connectivity index (χ0n) is 12.1. The first kappa shape index (κ1) is 13.7. The van der Waals surface area contributed by atoms with Crippen LogP contribution in [0, 0.1) is 13.8 Å². The van der Waals surface area contributed by atoms with Crippen molar-refractivity contribution in [1.82, 2.24) is 4.90 Å². The number of aryl methyl sites for hydroxylation is 2. The Kier molecular flexibility index (Phi) is 3.81. The monoisotopic (exact) mass is 287 g/mol. The van der Waals surface area contributed by atoms with Crippen LogP contribution in [0.3, 0.4) is 0 Å². The zero-order valence-corrected chi connectivity index (χ0v) is 12.9. The Balaban J connectivity index is 1.82. The Morgan fingerprint density at radius 3 is 2.85 bits per heavy atom. The lowest BCUT2D eigenvalue weighted by atomic mass is 10.0. The van der Waals surface area contributed by atoms with Gasteiger partial charge in [0.05, 0.1) is 0 Å². The van der Waals surface area contributed by atoms with Crippen molar-refractivity contribution in [3.8, 4) is 5.75 Å². The van der Waals surface area contributed by atoms with Crippen LogP contribution in [0.15, 0.2) is 29.0 Å². The molecule has 3 rings (SSSR count). The van der Waals surface area contributed by atoms with Crippen LogP contribution >= 0.6 is 11.3 Å². The van der Waals surface area contributed by atoms with E-state index < -0.39 is 0 Å². The van der Waals surface area contributed by atoms with Gasteiger partial charge in [0.1, 0.15) is 5.75 Å². The lowest BCUT2D eigenvalue weighted by molar-refractivity contribution is 0.245. The number of hydrogen-bond donors (Lipinski definition) is 1. The predicted molar refractivity (Wildman–Crippen MR) is 84.3 cm³/mol. The van der Waals surface area contributed by atoms with E-state index >= 15 is 0 Å². The molecule has 1 unspecified atom stereocenters. The van der Waals surface area contributed by atoms with Crippen LogP contribution in [0.2, 0.25) is 0 Å². The van der Waals surface area contributed by atoms with Crippen molar-refractivity contribution < 1.29 is 5.11 Å². The molecule has 1 aromatic carbocycles. The van der Waals surface area contributed by atoms with Crippen LogP contribution in [0.5, 0.6) is 5.75 Å². The molecule has 1 aliphatic rings. The summed E-state index contributed by atoms with van der Waals surface area (Å²) in [5.41, 5.74) is 4.89. The Morgan fingerprint density at radius 1 is 1.30 bits per heavy atom. The number of thiophene rings is 1. The summed E-state index contributed by atoms with van der Waals surface area (Å²) in [5.74, 6) is 0.434. The van der Waals surface area contributed by atoms with E-state index in [1.165, 1.54) is 24.0 Å². The van der Waals surface area contributed by atoms with Crippen molar-refractivity contribution in [3.63, 3.8) is 0 Å². The third kappa shape index (κ3) is 2.60. The number of nitrogens with zero attached hydrogens (tertiary/aromatic N) is 1. The van der Waals surface area contributed by atoms with Crippen LogP contribution in [-0.2, 0) is 6.54 Å². The Labute approximate surface area is 124 Å². The fourth-order valence-electron chi connectivity index (χ4n) is 3.06. The van der Waals surface area contributed by atoms with Gasteiger partial charge in [-0.3, -0.25) is 4.90 Å². The molecule has 0 amide bonds. The second-order valence-electron chi connectivity index (χ2n) is 5.75. The smallest absolute Gasteiger partial charge is 0.120 e. The van der Waals surface area contributed by atoms with Gasteiger partial charge in [-0.25, -0.2) is 0 Å². The minimum absolute atomic E-state index is 0.434. The van der Waals surface area contributed by atoms with Gasteiger partial charge in [-0.05, 0) is 72.8 Å². The van der Waals surface area contributed by atoms with E-state index in [0.717, 1.165) is 24.2 Å². The van der Waals surface area contributed by atoms with Gasteiger partial charge >= 0.3 is 0 Å². The molecule has 1 aromatic heterocycles. The van der Waals surface area contributed by atoms with Crippen LogP contribution in [0.1, 0.15) is 41.1 Å². The third-order valence-corrected chi connectivity index (χ3v) is 5.06. The lowest BCUT2D eigenvalue weighted by Gasteiger charge is -2.24. The molecule has 0 radical (unpaired) electrons. The largest absolute Gasteiger partial charge is 0.508 e. The van der Waals surface area contributed by atoms with Gasteiger partial charge in [0, 0.05) is 18.2 Å². The first-order valence-corrected chi connectivity index (χ1v) is 8.14. The van der Waals surface area contributed by atoms with Gasteiger partial charge in [-0.2, -0.15) is 11.3 Å². The summed E-state index contributed by atoms with van der Waals surface area (Å²) in [5, 5.41) is 14.6. The number of hydrogen-bond acceptors (Lipinski definition) is 3. The zero-order chi connectivity index (χ0) is 14.1. The molecule has 2 nitrogen and oxygen atoms in total. The summed E-state index contributed by atoms with van der Waals surface area (Å²) >= 11 is 1.77. The molecule has 3 heteroatoms. The number of aromatic hydroxyl groups is 1. The first-order valence-electron chi connectivity index (χ1n) is 7.20. The standard InChI is InChI=1S/C17H21NOS/c1-12-8-15(17(19)9-13(12)2)10-18-6-3-4-16(18)14-5-7-20-11-14/h5,7-9,11,16,19H,3-4,6,10H2,1-2H3. The van der Waals surface area contributed by atoms with Crippen molar-refractivity contribution in [2.75, 3.05) is 6.54 Å². The van der Waals surface area contributed by atoms with E-state index in [1.54, 1.807) is 11.3 Å². The number of phenols is 1. The molecule has 1 aliphatic heterocycles. The van der Waals surface area contributed by atoms with Crippen molar-refractivity contribution in [1.29, 1.82) is 0 Å². The van der Waals surface area contributed by atoms with E-state index in [1.807, 2.05) is 13.0 Å². The second-order valence-corrected chi connectivity index (χ2v) is 6.53. The van der Waals surface area contributed by atoms with Gasteiger partial charge in [0.15, 0.2) is 0 Å². The van der Waals surface area contributed by atoms with Crippen molar-refractivity contribution in [2.45, 2.75) is 39.3 Å². The normalized spacial score (nSPS) is 19.6. The fraction of sp³-hybridized carbons (Fsp3) is 0.412. The van der Waals surface area contributed by atoms with E-state index in [2.05, 4.69) is 34.7 Å². The van der Waals surface area contributed by atoms with Crippen LogP contribution in [-0.4, -0.2) is 16.6 Å². The molecule has 20 heavy (non-hydrogen) atoms. The van der Waals surface area contributed by atoms with Gasteiger partial charge < -0.3 is 5.11 Å². The highest BCUT2D eigenvalue weighted by atomic mass is 32.1. The molecule has 0 bridgehead atoms. The van der Waals surface area contributed by atoms with E-state index in [9.17, 15) is 5.11 Å². The van der Waals surface area contributed by atoms with E-state index in [0.29, 0.717) is 11.8 Å². The van der Waals surface area contributed by atoms with Crippen molar-refractivity contribution in [3.05, 3.63) is 51.2 Å². The SMILES string of the molecule is Cc1cc(O)c(CN2CCCC2c2ccsc2)cc1C. The molecule has 2 aromatic rings. The number of likely N-dealkylation sites (tertiary alicyclic amines) is 1. The quantitative estimate of drug-likeness (QED) is 0.904. The summed E-state index contributed by atoms with van der Waals surface area (Å²) in [6.45, 7) is 6.11. The Bertz CT molecular complexity index is 591. The predicted octanol–water partition coefficient (Wildman–Crippen LogP) is 4.41. The highest BCUT2D eigenvalue weighted by molar-refractivity contribution is 7.07. The van der Waals surface area contributed by atoms with Crippen LogP contribution in [0.4, 0.5) is 0 Å². The molecule has 1 fully saturated rings. The van der Waals surface area contributed by atoms with Crippen molar-refractivity contribution >= 4 is 11.3 Å². The molecule has 1 N–H and O–H groups in total. The molecule has 106 valence electrons. The van der Waals surface area contributed by atoms with E-state index in [-0.39, 0.29) is 0 Å². The molecule has 1 atom stereocenters. The number of rotatable bonds is 3. The second kappa shape index (κ2) is 5.58. The number of benzene rings is 1. The molecule has 1 saturated heterocycles. The van der Waals surface area contributed by atoms with Crippen molar-refractivity contribution in [2.24, 2.45) is 0 Å².